The molecule has 0 fully saturated rings. The van der Waals surface area contributed by atoms with Gasteiger partial charge in [-0.05, 0) is 13.3 Å². The van der Waals surface area contributed by atoms with Crippen LogP contribution >= 0.6 is 0 Å². The molecule has 0 aliphatic heterocycles. The van der Waals surface area contributed by atoms with Crippen LogP contribution in [0.1, 0.15) is 26.7 Å². The van der Waals surface area contributed by atoms with Gasteiger partial charge < -0.3 is 14.6 Å². The third kappa shape index (κ3) is 3.69. The van der Waals surface area contributed by atoms with Crippen LogP contribution in [-0.4, -0.2) is 30.6 Å². The van der Waals surface area contributed by atoms with E-state index < -0.39 is 11.8 Å². The van der Waals surface area contributed by atoms with E-state index in [1.807, 2.05) is 0 Å². The van der Waals surface area contributed by atoms with E-state index in [2.05, 4.69) is 4.74 Å². The molecule has 0 heterocycles. The Morgan fingerprint density at radius 1 is 1.50 bits per heavy atom. The van der Waals surface area contributed by atoms with Crippen LogP contribution in [0, 0.1) is 0 Å². The maximum Gasteiger partial charge on any atom is 0.311 e. The number of methoxy groups -OCH3 is 1. The number of ether oxygens (including phenoxy) is 2. The van der Waals surface area contributed by atoms with E-state index in [0.29, 0.717) is 13.0 Å². The molecule has 0 aromatic heterocycles. The molecule has 0 aromatic rings. The van der Waals surface area contributed by atoms with Gasteiger partial charge in [0.2, 0.25) is 0 Å². The lowest BCUT2D eigenvalue weighted by molar-refractivity contribution is -0.201. The highest BCUT2D eigenvalue weighted by Gasteiger charge is 2.28. The van der Waals surface area contributed by atoms with E-state index >= 15 is 0 Å². The number of hydrogen-bond acceptors (Lipinski definition) is 4. The Labute approximate surface area is 72.5 Å². The molecule has 0 aliphatic carbocycles. The summed E-state index contributed by atoms with van der Waals surface area (Å²) in [7, 11) is 1.36. The summed E-state index contributed by atoms with van der Waals surface area (Å²) in [6.07, 6.45) is 0.246. The Hall–Kier alpha value is -0.610. The minimum absolute atomic E-state index is 0.117. The van der Waals surface area contributed by atoms with Crippen molar-refractivity contribution >= 4 is 5.97 Å². The fraction of sp³-hybridized carbons (Fsp3) is 0.875. The summed E-state index contributed by atoms with van der Waals surface area (Å²) in [4.78, 5) is 10.9. The zero-order chi connectivity index (χ0) is 9.61. The Morgan fingerprint density at radius 3 is 2.42 bits per heavy atom. The van der Waals surface area contributed by atoms with Crippen LogP contribution in [0.2, 0.25) is 0 Å². The Bertz CT molecular complexity index is 140. The first-order chi connectivity index (χ1) is 5.58. The molecule has 4 heteroatoms. The normalized spacial score (nSPS) is 15.3. The third-order valence-corrected chi connectivity index (χ3v) is 1.66. The molecule has 12 heavy (non-hydrogen) atoms. The molecular formula is C8H16O4. The summed E-state index contributed by atoms with van der Waals surface area (Å²) in [5, 5.41) is 9.50. The highest BCUT2D eigenvalue weighted by Crippen LogP contribution is 2.15. The highest BCUT2D eigenvalue weighted by molar-refractivity contribution is 5.70. The predicted molar refractivity (Wildman–Crippen MR) is 43.5 cm³/mol. The van der Waals surface area contributed by atoms with Crippen molar-refractivity contribution in [3.05, 3.63) is 0 Å². The molecular weight excluding hydrogens is 160 g/mol. The van der Waals surface area contributed by atoms with Crippen molar-refractivity contribution in [3.63, 3.8) is 0 Å². The maximum atomic E-state index is 10.9. The van der Waals surface area contributed by atoms with Gasteiger partial charge >= 0.3 is 5.97 Å². The van der Waals surface area contributed by atoms with Gasteiger partial charge in [-0.1, -0.05) is 6.92 Å². The van der Waals surface area contributed by atoms with E-state index in [9.17, 15) is 9.90 Å². The lowest BCUT2D eigenvalue weighted by Crippen LogP contribution is -2.33. The van der Waals surface area contributed by atoms with Crippen molar-refractivity contribution in [1.29, 1.82) is 0 Å². The molecule has 0 saturated heterocycles. The molecule has 1 atom stereocenters. The fourth-order valence-electron chi connectivity index (χ4n) is 0.779. The second-order valence-corrected chi connectivity index (χ2v) is 2.49. The average molecular weight is 176 g/mol. The van der Waals surface area contributed by atoms with Gasteiger partial charge in [0.05, 0.1) is 13.0 Å². The summed E-state index contributed by atoms with van der Waals surface area (Å²) in [5.74, 6) is -1.81. The minimum Gasteiger partial charge on any atom is -0.466 e. The highest BCUT2D eigenvalue weighted by atomic mass is 16.6. The first kappa shape index (κ1) is 11.4. The minimum atomic E-state index is -1.37. The molecule has 0 spiro atoms. The van der Waals surface area contributed by atoms with Crippen LogP contribution in [0.3, 0.4) is 0 Å². The molecule has 0 rings (SSSR count). The number of aliphatic hydroxyl groups is 1. The average Bonchev–Trinajstić information content (AvgIpc) is 2.05. The van der Waals surface area contributed by atoms with Gasteiger partial charge in [-0.3, -0.25) is 4.79 Å². The number of esters is 1. The SMILES string of the molecule is CCOC(=O)CC(O)(CC)OC. The molecule has 1 unspecified atom stereocenters. The van der Waals surface area contributed by atoms with Gasteiger partial charge in [0, 0.05) is 7.11 Å². The zero-order valence-electron chi connectivity index (χ0n) is 7.79. The van der Waals surface area contributed by atoms with Gasteiger partial charge in [-0.2, -0.15) is 0 Å². The molecule has 1 N–H and O–H groups in total. The molecule has 4 nitrogen and oxygen atoms in total. The van der Waals surface area contributed by atoms with Crippen molar-refractivity contribution in [1.82, 2.24) is 0 Å². The molecule has 0 bridgehead atoms. The predicted octanol–water partition coefficient (Wildman–Crippen LogP) is 0.685. The lowest BCUT2D eigenvalue weighted by Gasteiger charge is -2.23. The molecule has 72 valence electrons. The van der Waals surface area contributed by atoms with E-state index in [0.717, 1.165) is 0 Å². The van der Waals surface area contributed by atoms with Crippen molar-refractivity contribution in [2.45, 2.75) is 32.5 Å². The Morgan fingerprint density at radius 2 is 2.08 bits per heavy atom. The van der Waals surface area contributed by atoms with E-state index in [4.69, 9.17) is 4.74 Å². The molecule has 0 amide bonds. The standard InChI is InChI=1S/C8H16O4/c1-4-8(10,11-3)6-7(9)12-5-2/h10H,4-6H2,1-3H3. The summed E-state index contributed by atoms with van der Waals surface area (Å²) in [5.41, 5.74) is 0. The topological polar surface area (TPSA) is 55.8 Å². The summed E-state index contributed by atoms with van der Waals surface area (Å²) < 4.78 is 9.42. The first-order valence-corrected chi connectivity index (χ1v) is 4.01. The largest absolute Gasteiger partial charge is 0.466 e. The first-order valence-electron chi connectivity index (χ1n) is 4.01. The number of rotatable bonds is 5. The summed E-state index contributed by atoms with van der Waals surface area (Å²) >= 11 is 0. The van der Waals surface area contributed by atoms with Gasteiger partial charge in [0.15, 0.2) is 5.79 Å². The van der Waals surface area contributed by atoms with Crippen molar-refractivity contribution < 1.29 is 19.4 Å². The van der Waals surface area contributed by atoms with E-state index in [1.54, 1.807) is 13.8 Å². The molecule has 0 radical (unpaired) electrons. The fourth-order valence-corrected chi connectivity index (χ4v) is 0.779. The number of carbonyl (C=O) groups excluding carboxylic acids is 1. The van der Waals surface area contributed by atoms with Crippen molar-refractivity contribution in [2.24, 2.45) is 0 Å². The van der Waals surface area contributed by atoms with Crippen molar-refractivity contribution in [3.8, 4) is 0 Å². The number of hydrogen-bond donors (Lipinski definition) is 1. The van der Waals surface area contributed by atoms with Crippen LogP contribution in [0.5, 0.6) is 0 Å². The van der Waals surface area contributed by atoms with E-state index in [1.165, 1.54) is 7.11 Å². The zero-order valence-corrected chi connectivity index (χ0v) is 7.79. The second kappa shape index (κ2) is 5.11. The lowest BCUT2D eigenvalue weighted by atomic mass is 10.1. The molecule has 0 aliphatic rings. The monoisotopic (exact) mass is 176 g/mol. The van der Waals surface area contributed by atoms with Gasteiger partial charge in [0.1, 0.15) is 0 Å². The van der Waals surface area contributed by atoms with Gasteiger partial charge in [-0.25, -0.2) is 0 Å². The number of carbonyl (C=O) groups is 1. The van der Waals surface area contributed by atoms with E-state index in [-0.39, 0.29) is 6.42 Å². The van der Waals surface area contributed by atoms with Gasteiger partial charge in [-0.15, -0.1) is 0 Å². The van der Waals surface area contributed by atoms with Crippen molar-refractivity contribution in [2.75, 3.05) is 13.7 Å². The van der Waals surface area contributed by atoms with Crippen LogP contribution in [-0.2, 0) is 14.3 Å². The van der Waals surface area contributed by atoms with Crippen LogP contribution < -0.4 is 0 Å². The summed E-state index contributed by atoms with van der Waals surface area (Å²) in [6.45, 7) is 3.78. The van der Waals surface area contributed by atoms with Crippen LogP contribution in [0.15, 0.2) is 0 Å². The van der Waals surface area contributed by atoms with Crippen LogP contribution in [0.25, 0.3) is 0 Å². The maximum absolute atomic E-state index is 10.9. The molecule has 0 aromatic carbocycles. The molecule has 0 saturated carbocycles. The Balaban J connectivity index is 3.93. The van der Waals surface area contributed by atoms with Gasteiger partial charge in [0.25, 0.3) is 0 Å². The third-order valence-electron chi connectivity index (χ3n) is 1.66. The smallest absolute Gasteiger partial charge is 0.311 e. The second-order valence-electron chi connectivity index (χ2n) is 2.49. The Kier molecular flexibility index (Phi) is 4.85. The quantitative estimate of drug-likeness (QED) is 0.494. The summed E-state index contributed by atoms with van der Waals surface area (Å²) in [6, 6.07) is 0. The van der Waals surface area contributed by atoms with Crippen LogP contribution in [0.4, 0.5) is 0 Å².